The molecule has 0 unspecified atom stereocenters. The molecule has 13 aromatic rings. The minimum absolute atomic E-state index is 0.147. The monoisotopic (exact) mass is 990 g/mol. The molecule has 0 N–H and O–H groups in total. The lowest BCUT2D eigenvalue weighted by atomic mass is 9.86. The molecular weight excluding hydrogens is 937 g/mol. The Morgan fingerprint density at radius 1 is 0.289 bits per heavy atom. The molecule has 0 fully saturated rings. The van der Waals surface area contributed by atoms with E-state index in [-0.39, 0.29) is 10.8 Å². The Hall–Kier alpha value is -9.54. The molecule has 0 aliphatic rings. The van der Waals surface area contributed by atoms with Crippen molar-refractivity contribution in [3.63, 3.8) is 0 Å². The number of hydrogen-bond acceptors (Lipinski definition) is 6. The average molecular weight is 991 g/mol. The molecule has 0 aliphatic carbocycles. The Labute approximate surface area is 440 Å². The van der Waals surface area contributed by atoms with Crippen molar-refractivity contribution < 1.29 is 9.47 Å². The highest BCUT2D eigenvalue weighted by Crippen LogP contribution is 2.39. The zero-order valence-corrected chi connectivity index (χ0v) is 43.2. The Kier molecular flexibility index (Phi) is 11.0. The SMILES string of the molecule is CC(C)(C)c1cc(Oc2cc(-c3ccc(-c4cc(Oc5cc(-n6cnc7ccccc76)cc(C(C)(C)C)c5)cc(-n5cnc6ccccc65)c4)cc3)cc(-n3cnc4ccccc43)c2)cc(-n2cnc3ccccc32)c1. The molecule has 0 saturated heterocycles. The third-order valence-electron chi connectivity index (χ3n) is 14.2. The number of hydrogen-bond donors (Lipinski definition) is 0. The first-order chi connectivity index (χ1) is 36.8. The highest BCUT2D eigenvalue weighted by atomic mass is 16.5. The average Bonchev–Trinajstić information content (AvgIpc) is 4.27. The van der Waals surface area contributed by atoms with E-state index in [4.69, 9.17) is 29.4 Å². The van der Waals surface area contributed by atoms with Crippen molar-refractivity contribution in [3.05, 3.63) is 231 Å². The lowest BCUT2D eigenvalue weighted by molar-refractivity contribution is 0.478. The molecule has 0 radical (unpaired) electrons. The maximum absolute atomic E-state index is 6.99. The largest absolute Gasteiger partial charge is 0.457 e. The van der Waals surface area contributed by atoms with Crippen LogP contribution < -0.4 is 9.47 Å². The minimum atomic E-state index is -0.147. The second kappa shape index (κ2) is 18.1. The van der Waals surface area contributed by atoms with E-state index in [9.17, 15) is 0 Å². The minimum Gasteiger partial charge on any atom is -0.457 e. The summed E-state index contributed by atoms with van der Waals surface area (Å²) in [5.41, 5.74) is 17.6. The van der Waals surface area contributed by atoms with Crippen LogP contribution in [0.5, 0.6) is 23.0 Å². The molecule has 0 amide bonds. The van der Waals surface area contributed by atoms with E-state index in [1.165, 1.54) is 0 Å². The number of ether oxygens (including phenoxy) is 2. The van der Waals surface area contributed by atoms with Gasteiger partial charge < -0.3 is 9.47 Å². The molecule has 13 rings (SSSR count). The van der Waals surface area contributed by atoms with Crippen LogP contribution in [0.2, 0.25) is 0 Å². The maximum atomic E-state index is 6.99. The van der Waals surface area contributed by atoms with E-state index < -0.39 is 0 Å². The van der Waals surface area contributed by atoms with Crippen LogP contribution in [0.3, 0.4) is 0 Å². The van der Waals surface area contributed by atoms with E-state index in [1.807, 2.05) is 98.1 Å². The summed E-state index contributed by atoms with van der Waals surface area (Å²) in [4.78, 5) is 19.0. The first-order valence-electron chi connectivity index (χ1n) is 25.6. The molecule has 0 spiro atoms. The molecule has 4 aromatic heterocycles. The van der Waals surface area contributed by atoms with Crippen LogP contribution in [0.15, 0.2) is 219 Å². The zero-order chi connectivity index (χ0) is 51.7. The predicted octanol–water partition coefficient (Wildman–Crippen LogP) is 16.6. The highest BCUT2D eigenvalue weighted by molar-refractivity contribution is 5.82. The Balaban J connectivity index is 0.901. The molecule has 0 saturated carbocycles. The van der Waals surface area contributed by atoms with Gasteiger partial charge in [0, 0.05) is 24.3 Å². The zero-order valence-electron chi connectivity index (χ0n) is 43.2. The smallest absolute Gasteiger partial charge is 0.130 e. The topological polar surface area (TPSA) is 89.7 Å². The number of nitrogens with zero attached hydrogens (tertiary/aromatic N) is 8. The summed E-state index contributed by atoms with van der Waals surface area (Å²) >= 11 is 0. The van der Waals surface area contributed by atoms with Crippen molar-refractivity contribution >= 4 is 44.1 Å². The Morgan fingerprint density at radius 2 is 0.566 bits per heavy atom. The molecular formula is C66H54N8O2. The van der Waals surface area contributed by atoms with Crippen LogP contribution in [0.4, 0.5) is 0 Å². The van der Waals surface area contributed by atoms with Gasteiger partial charge in [-0.25, -0.2) is 19.9 Å². The van der Waals surface area contributed by atoms with Crippen LogP contribution in [0.25, 0.3) is 89.1 Å². The lowest BCUT2D eigenvalue weighted by Gasteiger charge is -2.22. The van der Waals surface area contributed by atoms with Crippen LogP contribution >= 0.6 is 0 Å². The van der Waals surface area contributed by atoms with Crippen LogP contribution in [-0.2, 0) is 10.8 Å². The highest BCUT2D eigenvalue weighted by Gasteiger charge is 2.21. The van der Waals surface area contributed by atoms with Crippen LogP contribution in [-0.4, -0.2) is 38.2 Å². The van der Waals surface area contributed by atoms with Crippen molar-refractivity contribution in [2.24, 2.45) is 0 Å². The molecule has 0 atom stereocenters. The molecule has 0 aliphatic heterocycles. The molecule has 10 heteroatoms. The van der Waals surface area contributed by atoms with E-state index in [0.717, 1.165) is 112 Å². The van der Waals surface area contributed by atoms with Gasteiger partial charge >= 0.3 is 0 Å². The lowest BCUT2D eigenvalue weighted by Crippen LogP contribution is -2.12. The van der Waals surface area contributed by atoms with Gasteiger partial charge in [-0.2, -0.15) is 0 Å². The molecule has 370 valence electrons. The summed E-state index contributed by atoms with van der Waals surface area (Å²) in [6, 6.07) is 67.3. The quantitative estimate of drug-likeness (QED) is 0.136. The van der Waals surface area contributed by atoms with Gasteiger partial charge in [0.05, 0.1) is 66.9 Å². The van der Waals surface area contributed by atoms with Gasteiger partial charge in [-0.15, -0.1) is 0 Å². The normalized spacial score (nSPS) is 12.1. The first-order valence-corrected chi connectivity index (χ1v) is 25.6. The number of benzene rings is 9. The van der Waals surface area contributed by atoms with E-state index in [0.29, 0.717) is 11.5 Å². The Morgan fingerprint density at radius 3 is 0.868 bits per heavy atom. The maximum Gasteiger partial charge on any atom is 0.130 e. The van der Waals surface area contributed by atoms with E-state index in [1.54, 1.807) is 0 Å². The van der Waals surface area contributed by atoms with Gasteiger partial charge in [-0.3, -0.25) is 18.3 Å². The fourth-order valence-corrected chi connectivity index (χ4v) is 10.1. The summed E-state index contributed by atoms with van der Waals surface area (Å²) in [7, 11) is 0. The number of imidazole rings is 4. The molecule has 9 aromatic carbocycles. The summed E-state index contributed by atoms with van der Waals surface area (Å²) in [6.07, 6.45) is 7.54. The van der Waals surface area contributed by atoms with Crippen molar-refractivity contribution in [1.82, 2.24) is 38.2 Å². The second-order valence-corrected chi connectivity index (χ2v) is 21.6. The summed E-state index contributed by atoms with van der Waals surface area (Å²) in [5.74, 6) is 2.86. The van der Waals surface area contributed by atoms with Gasteiger partial charge in [-0.05, 0) is 141 Å². The number of para-hydroxylation sites is 8. The first kappa shape index (κ1) is 46.3. The van der Waals surface area contributed by atoms with Gasteiger partial charge in [-0.1, -0.05) is 114 Å². The van der Waals surface area contributed by atoms with Crippen molar-refractivity contribution in [2.75, 3.05) is 0 Å². The van der Waals surface area contributed by atoms with E-state index in [2.05, 4.69) is 181 Å². The van der Waals surface area contributed by atoms with Gasteiger partial charge in [0.15, 0.2) is 0 Å². The standard InChI is InChI=1S/C66H54N8O2/c1-65(2,3)47-31-51(73-41-69-59-17-9-13-21-63(59)73)37-55(33-47)75-53-29-45(27-49(35-53)71-39-67-57-15-7-11-19-61(57)71)43-23-25-44(26-24-43)46-28-50(72-40-68-58-16-8-12-20-62(58)72)36-54(30-46)76-56-34-48(66(4,5)6)32-52(38-56)74-42-70-60-18-10-14-22-64(60)74/h7-42H,1-6H3. The van der Waals surface area contributed by atoms with Gasteiger partial charge in [0.1, 0.15) is 48.3 Å². The fourth-order valence-electron chi connectivity index (χ4n) is 10.1. The third kappa shape index (κ3) is 8.73. The number of aromatic nitrogens is 8. The second-order valence-electron chi connectivity index (χ2n) is 21.6. The molecule has 0 bridgehead atoms. The number of rotatable bonds is 10. The van der Waals surface area contributed by atoms with Crippen LogP contribution in [0, 0.1) is 0 Å². The molecule has 76 heavy (non-hydrogen) atoms. The summed E-state index contributed by atoms with van der Waals surface area (Å²) in [6.45, 7) is 13.4. The van der Waals surface area contributed by atoms with Crippen molar-refractivity contribution in [2.45, 2.75) is 52.4 Å². The molecule has 10 nitrogen and oxygen atoms in total. The van der Waals surface area contributed by atoms with Crippen LogP contribution in [0.1, 0.15) is 52.7 Å². The molecule has 4 heterocycles. The van der Waals surface area contributed by atoms with Gasteiger partial charge in [0.25, 0.3) is 0 Å². The van der Waals surface area contributed by atoms with Crippen molar-refractivity contribution in [1.29, 1.82) is 0 Å². The number of fused-ring (bicyclic) bond motifs is 4. The predicted molar refractivity (Wildman–Crippen MR) is 306 cm³/mol. The van der Waals surface area contributed by atoms with E-state index >= 15 is 0 Å². The summed E-state index contributed by atoms with van der Waals surface area (Å²) in [5, 5.41) is 0. The van der Waals surface area contributed by atoms with Gasteiger partial charge in [0.2, 0.25) is 0 Å². The van der Waals surface area contributed by atoms with Crippen molar-refractivity contribution in [3.8, 4) is 68.0 Å². The fraction of sp³-hybridized carbons (Fsp3) is 0.121. The third-order valence-corrected chi connectivity index (χ3v) is 14.2. The Bertz CT molecular complexity index is 4050. The summed E-state index contributed by atoms with van der Waals surface area (Å²) < 4.78 is 22.5.